The molecule has 2 N–H and O–H groups in total. The molecule has 126 valence electrons. The summed E-state index contributed by atoms with van der Waals surface area (Å²) in [4.78, 5) is 12.3. The van der Waals surface area contributed by atoms with Gasteiger partial charge in [-0.15, -0.1) is 0 Å². The van der Waals surface area contributed by atoms with E-state index in [1.165, 1.54) is 19.3 Å². The summed E-state index contributed by atoms with van der Waals surface area (Å²) in [5, 5.41) is 13.3. The van der Waals surface area contributed by atoms with Gasteiger partial charge in [0, 0.05) is 12.5 Å². The molecule has 3 rings (SSSR count). The summed E-state index contributed by atoms with van der Waals surface area (Å²) in [6, 6.07) is 7.45. The van der Waals surface area contributed by atoms with Crippen molar-refractivity contribution < 1.29 is 14.6 Å². The number of fused-ring (bicyclic) bond motifs is 2. The highest BCUT2D eigenvalue weighted by atomic mass is 16.5. The first kappa shape index (κ1) is 16.3. The molecule has 2 bridgehead atoms. The Labute approximate surface area is 138 Å². The maximum atomic E-state index is 12.3. The smallest absolute Gasteiger partial charge is 0.223 e. The second kappa shape index (κ2) is 6.91. The highest BCUT2D eigenvalue weighted by Crippen LogP contribution is 2.48. The van der Waals surface area contributed by atoms with E-state index >= 15 is 0 Å². The molecule has 2 fully saturated rings. The van der Waals surface area contributed by atoms with Gasteiger partial charge in [0.05, 0.1) is 12.2 Å². The van der Waals surface area contributed by atoms with Crippen LogP contribution in [0.5, 0.6) is 5.75 Å². The summed E-state index contributed by atoms with van der Waals surface area (Å²) >= 11 is 0. The van der Waals surface area contributed by atoms with E-state index in [0.29, 0.717) is 5.92 Å². The van der Waals surface area contributed by atoms with Gasteiger partial charge < -0.3 is 15.2 Å². The Kier molecular flexibility index (Phi) is 4.90. The maximum absolute atomic E-state index is 12.3. The molecule has 2 aliphatic carbocycles. The Morgan fingerprint density at radius 1 is 1.35 bits per heavy atom. The molecule has 2 aliphatic rings. The van der Waals surface area contributed by atoms with Crippen LogP contribution in [0.1, 0.15) is 51.2 Å². The Morgan fingerprint density at radius 2 is 2.17 bits per heavy atom. The third kappa shape index (κ3) is 3.86. The second-order valence-electron chi connectivity index (χ2n) is 7.28. The van der Waals surface area contributed by atoms with Crippen LogP contribution in [0.4, 0.5) is 0 Å². The van der Waals surface area contributed by atoms with E-state index in [1.807, 2.05) is 38.1 Å². The highest BCUT2D eigenvalue weighted by molar-refractivity contribution is 5.79. The SMILES string of the molecule is CC(C)Oc1cccc(C(O)CNC(=O)C2CC3CCC2C3)c1. The number of aliphatic hydroxyl groups is 1. The summed E-state index contributed by atoms with van der Waals surface area (Å²) in [7, 11) is 0. The summed E-state index contributed by atoms with van der Waals surface area (Å²) in [5.41, 5.74) is 0.774. The largest absolute Gasteiger partial charge is 0.491 e. The highest BCUT2D eigenvalue weighted by Gasteiger charge is 2.42. The van der Waals surface area contributed by atoms with Crippen LogP contribution in [-0.2, 0) is 4.79 Å². The third-order valence-electron chi connectivity index (χ3n) is 5.16. The van der Waals surface area contributed by atoms with Gasteiger partial charge >= 0.3 is 0 Å². The van der Waals surface area contributed by atoms with Gasteiger partial charge in [0.25, 0.3) is 0 Å². The van der Waals surface area contributed by atoms with Gasteiger partial charge in [-0.2, -0.15) is 0 Å². The predicted molar refractivity (Wildman–Crippen MR) is 89.1 cm³/mol. The Morgan fingerprint density at radius 3 is 2.83 bits per heavy atom. The fourth-order valence-corrected chi connectivity index (χ4v) is 4.08. The lowest BCUT2D eigenvalue weighted by atomic mass is 9.88. The number of aliphatic hydroxyl groups excluding tert-OH is 1. The van der Waals surface area contributed by atoms with Crippen molar-refractivity contribution in [3.05, 3.63) is 29.8 Å². The average Bonchev–Trinajstić information content (AvgIpc) is 3.15. The van der Waals surface area contributed by atoms with Crippen LogP contribution in [-0.4, -0.2) is 23.7 Å². The molecular weight excluding hydrogens is 290 g/mol. The monoisotopic (exact) mass is 317 g/mol. The number of ether oxygens (including phenoxy) is 1. The zero-order valence-electron chi connectivity index (χ0n) is 14.0. The quantitative estimate of drug-likeness (QED) is 0.848. The molecule has 4 atom stereocenters. The van der Waals surface area contributed by atoms with Crippen molar-refractivity contribution in [3.8, 4) is 5.75 Å². The second-order valence-corrected chi connectivity index (χ2v) is 7.28. The number of rotatable bonds is 6. The molecule has 4 unspecified atom stereocenters. The first-order valence-electron chi connectivity index (χ1n) is 8.75. The maximum Gasteiger partial charge on any atom is 0.223 e. The van der Waals surface area contributed by atoms with E-state index in [9.17, 15) is 9.90 Å². The molecule has 4 nitrogen and oxygen atoms in total. The average molecular weight is 317 g/mol. The molecule has 4 heteroatoms. The lowest BCUT2D eigenvalue weighted by Gasteiger charge is -2.22. The number of hydrogen-bond donors (Lipinski definition) is 2. The fourth-order valence-electron chi connectivity index (χ4n) is 4.08. The molecule has 2 saturated carbocycles. The van der Waals surface area contributed by atoms with E-state index in [1.54, 1.807) is 0 Å². The zero-order valence-corrected chi connectivity index (χ0v) is 14.0. The Balaban J connectivity index is 1.53. The minimum Gasteiger partial charge on any atom is -0.491 e. The molecule has 23 heavy (non-hydrogen) atoms. The van der Waals surface area contributed by atoms with Crippen LogP contribution in [0.2, 0.25) is 0 Å². The van der Waals surface area contributed by atoms with Gasteiger partial charge in [-0.05, 0) is 62.6 Å². The number of nitrogens with one attached hydrogen (secondary N) is 1. The molecule has 0 saturated heterocycles. The van der Waals surface area contributed by atoms with Gasteiger partial charge in [0.2, 0.25) is 5.91 Å². The molecular formula is C19H27NO3. The Hall–Kier alpha value is -1.55. The van der Waals surface area contributed by atoms with Crippen molar-refractivity contribution in [3.63, 3.8) is 0 Å². The van der Waals surface area contributed by atoms with Crippen LogP contribution in [0.15, 0.2) is 24.3 Å². The summed E-state index contributed by atoms with van der Waals surface area (Å²) in [6.45, 7) is 4.20. The van der Waals surface area contributed by atoms with Crippen molar-refractivity contribution in [2.24, 2.45) is 17.8 Å². The minimum absolute atomic E-state index is 0.0971. The lowest BCUT2D eigenvalue weighted by molar-refractivity contribution is -0.127. The molecule has 1 aromatic rings. The van der Waals surface area contributed by atoms with E-state index in [4.69, 9.17) is 4.74 Å². The van der Waals surface area contributed by atoms with E-state index in [-0.39, 0.29) is 24.5 Å². The molecule has 0 aromatic heterocycles. The lowest BCUT2D eigenvalue weighted by Crippen LogP contribution is -2.36. The summed E-state index contributed by atoms with van der Waals surface area (Å²) < 4.78 is 5.65. The van der Waals surface area contributed by atoms with Gasteiger partial charge in [0.15, 0.2) is 0 Å². The van der Waals surface area contributed by atoms with E-state index < -0.39 is 6.10 Å². The molecule has 1 amide bonds. The number of amides is 1. The fraction of sp³-hybridized carbons (Fsp3) is 0.632. The van der Waals surface area contributed by atoms with Gasteiger partial charge in [-0.3, -0.25) is 4.79 Å². The minimum atomic E-state index is -0.701. The van der Waals surface area contributed by atoms with Crippen LogP contribution >= 0.6 is 0 Å². The number of carbonyl (C=O) groups is 1. The predicted octanol–water partition coefficient (Wildman–Crippen LogP) is 3.06. The zero-order chi connectivity index (χ0) is 16.4. The van der Waals surface area contributed by atoms with Crippen molar-refractivity contribution >= 4 is 5.91 Å². The van der Waals surface area contributed by atoms with Crippen molar-refractivity contribution in [2.45, 2.75) is 51.7 Å². The number of benzene rings is 1. The Bertz CT molecular complexity index is 557. The first-order valence-corrected chi connectivity index (χ1v) is 8.75. The standard InChI is InChI=1S/C19H27NO3/c1-12(2)23-16-5-3-4-15(10-16)18(21)11-20-19(22)17-9-13-6-7-14(17)8-13/h3-5,10,12-14,17-18,21H,6-9,11H2,1-2H3,(H,20,22). The van der Waals surface area contributed by atoms with Gasteiger partial charge in [0.1, 0.15) is 5.75 Å². The summed E-state index contributed by atoms with van der Waals surface area (Å²) in [6.07, 6.45) is 4.13. The van der Waals surface area contributed by atoms with Crippen LogP contribution in [0.3, 0.4) is 0 Å². The van der Waals surface area contributed by atoms with Gasteiger partial charge in [-0.25, -0.2) is 0 Å². The van der Waals surface area contributed by atoms with E-state index in [0.717, 1.165) is 23.7 Å². The van der Waals surface area contributed by atoms with Crippen molar-refractivity contribution in [1.82, 2.24) is 5.32 Å². The van der Waals surface area contributed by atoms with Crippen LogP contribution in [0, 0.1) is 17.8 Å². The van der Waals surface area contributed by atoms with Crippen LogP contribution in [0.25, 0.3) is 0 Å². The molecule has 0 heterocycles. The molecule has 1 aromatic carbocycles. The first-order chi connectivity index (χ1) is 11.0. The van der Waals surface area contributed by atoms with Crippen LogP contribution < -0.4 is 10.1 Å². The van der Waals surface area contributed by atoms with Gasteiger partial charge in [-0.1, -0.05) is 18.6 Å². The number of carbonyl (C=O) groups excluding carboxylic acids is 1. The molecule has 0 aliphatic heterocycles. The topological polar surface area (TPSA) is 58.6 Å². The third-order valence-corrected chi connectivity index (χ3v) is 5.16. The number of hydrogen-bond acceptors (Lipinski definition) is 3. The summed E-state index contributed by atoms with van der Waals surface area (Å²) in [5.74, 6) is 2.35. The molecule has 0 radical (unpaired) electrons. The van der Waals surface area contributed by atoms with Crippen molar-refractivity contribution in [1.29, 1.82) is 0 Å². The normalized spacial score (nSPS) is 27.2. The van der Waals surface area contributed by atoms with Crippen molar-refractivity contribution in [2.75, 3.05) is 6.54 Å². The van der Waals surface area contributed by atoms with E-state index in [2.05, 4.69) is 5.32 Å². The molecule has 0 spiro atoms.